The van der Waals surface area contributed by atoms with Gasteiger partial charge in [-0.25, -0.2) is 0 Å². The Bertz CT molecular complexity index is 964. The van der Waals surface area contributed by atoms with Crippen molar-refractivity contribution in [2.75, 3.05) is 10.6 Å². The second kappa shape index (κ2) is 9.23. The molecular weight excluding hydrogens is 474 g/mol. The van der Waals surface area contributed by atoms with Crippen molar-refractivity contribution in [2.24, 2.45) is 0 Å². The molecule has 0 bridgehead atoms. The molecule has 0 aliphatic heterocycles. The van der Waals surface area contributed by atoms with Gasteiger partial charge in [-0.3, -0.25) is 29.8 Å². The smallest absolute Gasteiger partial charge is 0.294 e. The highest BCUT2D eigenvalue weighted by Crippen LogP contribution is 2.35. The number of nitro groups is 2. The molecule has 0 saturated carbocycles. The van der Waals surface area contributed by atoms with Crippen LogP contribution in [0.4, 0.5) is 22.7 Å². The number of hydrogen-bond acceptors (Lipinski definition) is 6. The number of anilines is 2. The van der Waals surface area contributed by atoms with Crippen molar-refractivity contribution in [3.05, 3.63) is 64.6 Å². The third-order valence-electron chi connectivity index (χ3n) is 3.34. The van der Waals surface area contributed by atoms with Gasteiger partial charge in [0, 0.05) is 12.1 Å². The summed E-state index contributed by atoms with van der Waals surface area (Å²) in [5.74, 6) is -1.88. The molecule has 29 heavy (non-hydrogen) atoms. The molecule has 14 heteroatoms. The number of nitro benzene ring substituents is 2. The number of benzene rings is 2. The van der Waals surface area contributed by atoms with Crippen LogP contribution in [0.5, 0.6) is 0 Å². The second-order valence-corrected chi connectivity index (χ2v) is 6.98. The summed E-state index contributed by atoms with van der Waals surface area (Å²) in [7, 11) is 0. The van der Waals surface area contributed by atoms with E-state index in [1.807, 2.05) is 0 Å². The van der Waals surface area contributed by atoms with Crippen LogP contribution in [-0.4, -0.2) is 21.7 Å². The van der Waals surface area contributed by atoms with Gasteiger partial charge in [-0.05, 0) is 12.1 Å². The Kier molecular flexibility index (Phi) is 7.20. The van der Waals surface area contributed by atoms with Crippen LogP contribution in [0.1, 0.15) is 6.42 Å². The number of nitrogens with one attached hydrogen (secondary N) is 2. The van der Waals surface area contributed by atoms with Crippen LogP contribution in [0.2, 0.25) is 20.1 Å². The average molecular weight is 482 g/mol. The van der Waals surface area contributed by atoms with E-state index in [4.69, 9.17) is 46.4 Å². The summed E-state index contributed by atoms with van der Waals surface area (Å²) in [5, 5.41) is 26.2. The molecule has 0 aliphatic rings. The number of halogens is 4. The Morgan fingerprint density at radius 1 is 0.724 bits per heavy atom. The van der Waals surface area contributed by atoms with E-state index >= 15 is 0 Å². The maximum Gasteiger partial charge on any atom is 0.294 e. The van der Waals surface area contributed by atoms with E-state index in [0.29, 0.717) is 0 Å². The van der Waals surface area contributed by atoms with Crippen LogP contribution >= 0.6 is 46.4 Å². The first kappa shape index (κ1) is 22.6. The quantitative estimate of drug-likeness (QED) is 0.334. The molecule has 152 valence electrons. The standard InChI is InChI=1S/C15H8Cl4N4O6/c16-6-1-10(12(22(26)27)3-8(6)18)20-14(24)5-15(25)21-11-2-7(17)9(19)4-13(11)23(28)29/h1-4H,5H2,(H,20,24)(H,21,25). The highest BCUT2D eigenvalue weighted by molar-refractivity contribution is 6.43. The first-order chi connectivity index (χ1) is 13.5. The molecule has 0 fully saturated rings. The Morgan fingerprint density at radius 2 is 1.03 bits per heavy atom. The first-order valence-corrected chi connectivity index (χ1v) is 8.87. The molecule has 2 aromatic carbocycles. The van der Waals surface area contributed by atoms with Crippen molar-refractivity contribution in [1.82, 2.24) is 0 Å². The van der Waals surface area contributed by atoms with Gasteiger partial charge < -0.3 is 10.6 Å². The molecule has 0 unspecified atom stereocenters. The van der Waals surface area contributed by atoms with Gasteiger partial charge in [-0.1, -0.05) is 46.4 Å². The fourth-order valence-electron chi connectivity index (χ4n) is 2.11. The van der Waals surface area contributed by atoms with E-state index in [1.165, 1.54) is 0 Å². The largest absolute Gasteiger partial charge is 0.320 e. The lowest BCUT2D eigenvalue weighted by Crippen LogP contribution is -2.22. The van der Waals surface area contributed by atoms with E-state index in [-0.39, 0.29) is 31.5 Å². The van der Waals surface area contributed by atoms with E-state index in [0.717, 1.165) is 24.3 Å². The highest BCUT2D eigenvalue weighted by Gasteiger charge is 2.22. The minimum atomic E-state index is -0.938. The summed E-state index contributed by atoms with van der Waals surface area (Å²) < 4.78 is 0. The lowest BCUT2D eigenvalue weighted by molar-refractivity contribution is -0.384. The summed E-state index contributed by atoms with van der Waals surface area (Å²) in [5.41, 5.74) is -1.62. The number of amides is 2. The van der Waals surface area contributed by atoms with Crippen molar-refractivity contribution in [3.63, 3.8) is 0 Å². The Balaban J connectivity index is 2.16. The first-order valence-electron chi connectivity index (χ1n) is 7.36. The monoisotopic (exact) mass is 480 g/mol. The Morgan fingerprint density at radius 3 is 1.34 bits per heavy atom. The summed E-state index contributed by atoms with van der Waals surface area (Å²) in [6.45, 7) is 0. The van der Waals surface area contributed by atoms with Crippen molar-refractivity contribution < 1.29 is 19.4 Å². The van der Waals surface area contributed by atoms with Gasteiger partial charge in [0.1, 0.15) is 17.8 Å². The number of nitrogens with zero attached hydrogens (tertiary/aromatic N) is 2. The summed E-state index contributed by atoms with van der Waals surface area (Å²) in [6, 6.07) is 4.00. The van der Waals surface area contributed by atoms with Gasteiger partial charge in [0.15, 0.2) is 0 Å². The number of carbonyl (C=O) groups is 2. The van der Waals surface area contributed by atoms with E-state index in [9.17, 15) is 29.8 Å². The molecular formula is C15H8Cl4N4O6. The number of carbonyl (C=O) groups excluding carboxylic acids is 2. The molecule has 2 aromatic rings. The zero-order valence-electron chi connectivity index (χ0n) is 13.9. The molecule has 0 aromatic heterocycles. The minimum Gasteiger partial charge on any atom is -0.320 e. The normalized spacial score (nSPS) is 10.3. The average Bonchev–Trinajstić information content (AvgIpc) is 2.60. The van der Waals surface area contributed by atoms with Gasteiger partial charge in [0.2, 0.25) is 11.8 Å². The molecule has 10 nitrogen and oxygen atoms in total. The van der Waals surface area contributed by atoms with Crippen LogP contribution < -0.4 is 10.6 Å². The molecule has 2 amide bonds. The van der Waals surface area contributed by atoms with Crippen LogP contribution in [0.3, 0.4) is 0 Å². The van der Waals surface area contributed by atoms with Crippen molar-refractivity contribution in [2.45, 2.75) is 6.42 Å². The predicted octanol–water partition coefficient (Wildman–Crippen LogP) is 5.08. The minimum absolute atomic E-state index is 0.0524. The molecule has 2 N–H and O–H groups in total. The topological polar surface area (TPSA) is 144 Å². The van der Waals surface area contributed by atoms with Crippen LogP contribution in [0.25, 0.3) is 0 Å². The van der Waals surface area contributed by atoms with Gasteiger partial charge in [0.25, 0.3) is 11.4 Å². The van der Waals surface area contributed by atoms with Gasteiger partial charge in [-0.2, -0.15) is 0 Å². The maximum absolute atomic E-state index is 12.1. The van der Waals surface area contributed by atoms with Gasteiger partial charge in [-0.15, -0.1) is 0 Å². The number of hydrogen-bond donors (Lipinski definition) is 2. The third-order valence-corrected chi connectivity index (χ3v) is 4.78. The van der Waals surface area contributed by atoms with E-state index in [2.05, 4.69) is 10.6 Å². The molecule has 0 spiro atoms. The Hall–Kier alpha value is -2.66. The van der Waals surface area contributed by atoms with Crippen LogP contribution in [0.15, 0.2) is 24.3 Å². The van der Waals surface area contributed by atoms with Crippen LogP contribution in [-0.2, 0) is 9.59 Å². The van der Waals surface area contributed by atoms with Crippen molar-refractivity contribution in [1.29, 1.82) is 0 Å². The lowest BCUT2D eigenvalue weighted by Gasteiger charge is -2.09. The molecule has 0 aliphatic carbocycles. The molecule has 0 radical (unpaired) electrons. The molecule has 0 atom stereocenters. The fraction of sp³-hybridized carbons (Fsp3) is 0.0667. The van der Waals surface area contributed by atoms with E-state index < -0.39 is 39.5 Å². The summed E-state index contributed by atoms with van der Waals surface area (Å²) in [4.78, 5) is 44.7. The summed E-state index contributed by atoms with van der Waals surface area (Å²) in [6.07, 6.45) is -0.811. The summed E-state index contributed by atoms with van der Waals surface area (Å²) >= 11 is 23.0. The van der Waals surface area contributed by atoms with Gasteiger partial charge >= 0.3 is 0 Å². The molecule has 2 rings (SSSR count). The predicted molar refractivity (Wildman–Crippen MR) is 108 cm³/mol. The van der Waals surface area contributed by atoms with Gasteiger partial charge in [0.05, 0.1) is 29.9 Å². The third kappa shape index (κ3) is 5.67. The molecule has 0 heterocycles. The van der Waals surface area contributed by atoms with Crippen molar-refractivity contribution >= 4 is 81.0 Å². The Labute approximate surface area is 182 Å². The lowest BCUT2D eigenvalue weighted by atomic mass is 10.2. The highest BCUT2D eigenvalue weighted by atomic mass is 35.5. The SMILES string of the molecule is O=C(CC(=O)Nc1cc(Cl)c(Cl)cc1[N+](=O)[O-])Nc1cc(Cl)c(Cl)cc1[N+](=O)[O-]. The second-order valence-electron chi connectivity index (χ2n) is 5.35. The zero-order chi connectivity index (χ0) is 21.9. The fourth-order valence-corrected chi connectivity index (χ4v) is 2.75. The molecule has 0 saturated heterocycles. The zero-order valence-corrected chi connectivity index (χ0v) is 16.9. The van der Waals surface area contributed by atoms with Crippen molar-refractivity contribution in [3.8, 4) is 0 Å². The van der Waals surface area contributed by atoms with Crippen LogP contribution in [0, 0.1) is 20.2 Å². The number of rotatable bonds is 6. The maximum atomic E-state index is 12.1. The van der Waals surface area contributed by atoms with E-state index in [1.54, 1.807) is 0 Å².